The molecule has 0 saturated carbocycles. The van der Waals surface area contributed by atoms with E-state index >= 15 is 0 Å². The van der Waals surface area contributed by atoms with Gasteiger partial charge in [-0.3, -0.25) is 0 Å². The van der Waals surface area contributed by atoms with E-state index in [4.69, 9.17) is 0 Å². The quantitative estimate of drug-likeness (QED) is 0.444. The molecule has 0 aromatic rings. The average molecular weight is 175 g/mol. The fraction of sp³-hybridized carbons (Fsp3) is 0.714. The Balaban J connectivity index is 2.95. The minimum absolute atomic E-state index is 0.606. The Hall–Kier alpha value is 0.0795. The van der Waals surface area contributed by atoms with Gasteiger partial charge in [-0.15, -0.1) is 0 Å². The molecule has 0 aliphatic heterocycles. The fourth-order valence-electron chi connectivity index (χ4n) is 0.299. The van der Waals surface area contributed by atoms with Crippen molar-refractivity contribution < 1.29 is 0 Å². The van der Waals surface area contributed by atoms with Crippen LogP contribution in [0.25, 0.3) is 0 Å². The molecule has 0 aromatic carbocycles. The number of rotatable bonds is 2. The third-order valence-electron chi connectivity index (χ3n) is 0.664. The van der Waals surface area contributed by atoms with Crippen molar-refractivity contribution in [1.82, 2.24) is 0 Å². The zero-order valence-electron chi connectivity index (χ0n) is 5.53. The Bertz CT molecular complexity index is 76.3. The molecule has 0 N–H and O–H groups in total. The Labute approximate surface area is 58.2 Å². The maximum absolute atomic E-state index is 3.15. The molecule has 0 amide bonds. The summed E-state index contributed by atoms with van der Waals surface area (Å²) in [6, 6.07) is 0. The Morgan fingerprint density at radius 3 is 2.62 bits per heavy atom. The van der Waals surface area contributed by atoms with Gasteiger partial charge in [0.25, 0.3) is 0 Å². The SMILES string of the molecule is CCCC#C[Se]CC. The topological polar surface area (TPSA) is 0 Å². The zero-order chi connectivity index (χ0) is 6.24. The summed E-state index contributed by atoms with van der Waals surface area (Å²) in [6.07, 6.45) is 2.29. The van der Waals surface area contributed by atoms with Crippen LogP contribution in [-0.2, 0) is 0 Å². The van der Waals surface area contributed by atoms with Crippen LogP contribution in [0.4, 0.5) is 0 Å². The second kappa shape index (κ2) is 7.08. The number of unbranched alkanes of at least 4 members (excludes halogenated alkanes) is 1. The van der Waals surface area contributed by atoms with E-state index < -0.39 is 0 Å². The van der Waals surface area contributed by atoms with E-state index in [-0.39, 0.29) is 0 Å². The van der Waals surface area contributed by atoms with Gasteiger partial charge in [0.1, 0.15) is 0 Å². The summed E-state index contributed by atoms with van der Waals surface area (Å²) in [5, 5.41) is 1.25. The van der Waals surface area contributed by atoms with Crippen molar-refractivity contribution in [2.45, 2.75) is 32.0 Å². The predicted molar refractivity (Wildman–Crippen MR) is 38.9 cm³/mol. The zero-order valence-corrected chi connectivity index (χ0v) is 7.24. The molecule has 0 bridgehead atoms. The van der Waals surface area contributed by atoms with Crippen LogP contribution >= 0.6 is 0 Å². The van der Waals surface area contributed by atoms with Crippen molar-refractivity contribution >= 4 is 15.0 Å². The standard InChI is InChI=1S/C7H12Se/c1-3-5-6-7-8-4-2/h3-5H2,1-2H3. The first-order valence-corrected chi connectivity index (χ1v) is 5.08. The summed E-state index contributed by atoms with van der Waals surface area (Å²) in [4.78, 5) is 3.15. The molecule has 0 heterocycles. The van der Waals surface area contributed by atoms with Crippen LogP contribution in [0, 0.1) is 10.7 Å². The van der Waals surface area contributed by atoms with Crippen molar-refractivity contribution in [2.75, 3.05) is 0 Å². The van der Waals surface area contributed by atoms with E-state index in [1.165, 1.54) is 11.7 Å². The summed E-state index contributed by atoms with van der Waals surface area (Å²) >= 11 is 0.606. The van der Waals surface area contributed by atoms with E-state index in [1.54, 1.807) is 0 Å². The molecular weight excluding hydrogens is 163 g/mol. The van der Waals surface area contributed by atoms with Crippen molar-refractivity contribution in [3.8, 4) is 10.7 Å². The average Bonchev–Trinajstić information content (AvgIpc) is 1.81. The second-order valence-corrected chi connectivity index (χ2v) is 3.71. The van der Waals surface area contributed by atoms with Gasteiger partial charge in [-0.2, -0.15) is 0 Å². The maximum atomic E-state index is 3.15. The van der Waals surface area contributed by atoms with Crippen LogP contribution in [0.1, 0.15) is 26.7 Å². The predicted octanol–water partition coefficient (Wildman–Crippen LogP) is 1.89. The van der Waals surface area contributed by atoms with Crippen LogP contribution in [0.5, 0.6) is 0 Å². The normalized spacial score (nSPS) is 7.75. The Kier molecular flexibility index (Phi) is 7.15. The molecule has 0 fully saturated rings. The molecule has 46 valence electrons. The van der Waals surface area contributed by atoms with Gasteiger partial charge >= 0.3 is 57.7 Å². The van der Waals surface area contributed by atoms with Crippen molar-refractivity contribution in [1.29, 1.82) is 0 Å². The molecule has 0 unspecified atom stereocenters. The summed E-state index contributed by atoms with van der Waals surface area (Å²) in [7, 11) is 0. The molecule has 0 aromatic heterocycles. The molecule has 0 rings (SSSR count). The third-order valence-corrected chi connectivity index (χ3v) is 1.87. The van der Waals surface area contributed by atoms with Crippen LogP contribution in [0.3, 0.4) is 0 Å². The summed E-state index contributed by atoms with van der Waals surface area (Å²) < 4.78 is 0. The first-order valence-electron chi connectivity index (χ1n) is 3.01. The summed E-state index contributed by atoms with van der Waals surface area (Å²) in [6.45, 7) is 4.34. The van der Waals surface area contributed by atoms with Crippen molar-refractivity contribution in [2.24, 2.45) is 0 Å². The van der Waals surface area contributed by atoms with Crippen molar-refractivity contribution in [3.05, 3.63) is 0 Å². The molecule has 0 nitrogen and oxygen atoms in total. The van der Waals surface area contributed by atoms with Gasteiger partial charge < -0.3 is 0 Å². The van der Waals surface area contributed by atoms with Gasteiger partial charge in [0.05, 0.1) is 0 Å². The van der Waals surface area contributed by atoms with Crippen LogP contribution in [-0.4, -0.2) is 15.0 Å². The minimum atomic E-state index is 0.606. The van der Waals surface area contributed by atoms with Crippen molar-refractivity contribution in [3.63, 3.8) is 0 Å². The number of hydrogen-bond acceptors (Lipinski definition) is 0. The van der Waals surface area contributed by atoms with Crippen LogP contribution in [0.15, 0.2) is 0 Å². The first-order chi connectivity index (χ1) is 3.91. The van der Waals surface area contributed by atoms with E-state index in [0.717, 1.165) is 6.42 Å². The molecule has 0 aliphatic carbocycles. The van der Waals surface area contributed by atoms with Gasteiger partial charge in [0, 0.05) is 0 Å². The summed E-state index contributed by atoms with van der Waals surface area (Å²) in [5.41, 5.74) is 0. The van der Waals surface area contributed by atoms with Crippen LogP contribution < -0.4 is 0 Å². The third kappa shape index (κ3) is 6.08. The molecule has 1 heteroatoms. The van der Waals surface area contributed by atoms with Gasteiger partial charge in [0.2, 0.25) is 0 Å². The Morgan fingerprint density at radius 1 is 1.38 bits per heavy atom. The molecule has 0 spiro atoms. The van der Waals surface area contributed by atoms with E-state index in [0.29, 0.717) is 15.0 Å². The second-order valence-electron chi connectivity index (χ2n) is 1.46. The van der Waals surface area contributed by atoms with Gasteiger partial charge in [0.15, 0.2) is 0 Å². The molecule has 8 heavy (non-hydrogen) atoms. The monoisotopic (exact) mass is 176 g/mol. The van der Waals surface area contributed by atoms with Gasteiger partial charge in [-0.1, -0.05) is 0 Å². The van der Waals surface area contributed by atoms with Gasteiger partial charge in [-0.25, -0.2) is 0 Å². The van der Waals surface area contributed by atoms with Gasteiger partial charge in [-0.05, 0) is 0 Å². The molecule has 0 atom stereocenters. The first kappa shape index (κ1) is 8.08. The number of hydrogen-bond donors (Lipinski definition) is 0. The summed E-state index contributed by atoms with van der Waals surface area (Å²) in [5.74, 6) is 3.11. The Morgan fingerprint density at radius 2 is 2.12 bits per heavy atom. The molecule has 0 radical (unpaired) electrons. The van der Waals surface area contributed by atoms with Crippen LogP contribution in [0.2, 0.25) is 5.32 Å². The van der Waals surface area contributed by atoms with E-state index in [2.05, 4.69) is 24.6 Å². The van der Waals surface area contributed by atoms with E-state index in [1.807, 2.05) is 0 Å². The molecular formula is C7H12Se. The molecule has 0 saturated heterocycles. The molecule has 0 aliphatic rings. The fourth-order valence-corrected chi connectivity index (χ4v) is 1.03. The van der Waals surface area contributed by atoms with E-state index in [9.17, 15) is 0 Å².